The van der Waals surface area contributed by atoms with Crippen LogP contribution in [0.15, 0.2) is 65.1 Å². The molecule has 30 heavy (non-hydrogen) atoms. The average Bonchev–Trinajstić information content (AvgIpc) is 3.16. The average molecular weight is 444 g/mol. The number of nitrogens with zero attached hydrogens (tertiary/aromatic N) is 4. The van der Waals surface area contributed by atoms with E-state index in [1.54, 1.807) is 28.7 Å². The number of para-hydroxylation sites is 1. The Balaban J connectivity index is 1.65. The topological polar surface area (TPSA) is 81.3 Å². The van der Waals surface area contributed by atoms with Gasteiger partial charge in [-0.1, -0.05) is 41.6 Å². The molecule has 0 saturated heterocycles. The predicted octanol–water partition coefficient (Wildman–Crippen LogP) is 3.75. The summed E-state index contributed by atoms with van der Waals surface area (Å²) in [5.74, 6) is -0.476. The van der Waals surface area contributed by atoms with Crippen molar-refractivity contribution >= 4 is 51.6 Å². The first-order valence-electron chi connectivity index (χ1n) is 8.85. The third-order valence-corrected chi connectivity index (χ3v) is 5.54. The first-order valence-corrected chi connectivity index (χ1v) is 10.2. The maximum Gasteiger partial charge on any atom is 0.263 e. The van der Waals surface area contributed by atoms with Crippen molar-refractivity contribution in [1.82, 2.24) is 19.2 Å². The maximum absolute atomic E-state index is 13.3. The number of thioether (sulfide) groups is 1. The highest BCUT2D eigenvalue weighted by molar-refractivity contribution is 7.99. The van der Waals surface area contributed by atoms with Gasteiger partial charge in [0.15, 0.2) is 5.16 Å². The third kappa shape index (κ3) is 3.69. The van der Waals surface area contributed by atoms with Crippen LogP contribution in [0.25, 0.3) is 16.7 Å². The number of aromatic nitrogens is 4. The summed E-state index contributed by atoms with van der Waals surface area (Å²) in [5, 5.41) is 11.9. The fraction of sp³-hybridized carbons (Fsp3) is 0.100. The van der Waals surface area contributed by atoms with Gasteiger partial charge in [0, 0.05) is 12.2 Å². The second-order valence-corrected chi connectivity index (χ2v) is 7.66. The molecule has 0 radical (unpaired) electrons. The van der Waals surface area contributed by atoms with Crippen molar-refractivity contribution in [2.75, 3.05) is 11.1 Å². The number of allylic oxidation sites excluding steroid dienone is 1. The summed E-state index contributed by atoms with van der Waals surface area (Å²) in [6, 6.07) is 11.1. The summed E-state index contributed by atoms with van der Waals surface area (Å²) in [6.45, 7) is 3.97. The molecule has 0 saturated carbocycles. The van der Waals surface area contributed by atoms with Crippen LogP contribution in [0, 0.1) is 5.82 Å². The minimum Gasteiger partial charge on any atom is -0.325 e. The zero-order valence-corrected chi connectivity index (χ0v) is 17.1. The number of hydrogen-bond donors (Lipinski definition) is 1. The van der Waals surface area contributed by atoms with Crippen molar-refractivity contribution in [3.8, 4) is 0 Å². The first-order chi connectivity index (χ1) is 14.5. The van der Waals surface area contributed by atoms with E-state index in [0.717, 1.165) is 0 Å². The molecule has 0 aliphatic carbocycles. The SMILES string of the molecule is C=CCn1c(=O)c2ccccc2n2c(SCC(=O)Nc3ccc(F)c(Cl)c3)nnc12. The van der Waals surface area contributed by atoms with Gasteiger partial charge in [-0.2, -0.15) is 0 Å². The molecule has 2 heterocycles. The number of benzene rings is 2. The molecule has 10 heteroatoms. The van der Waals surface area contributed by atoms with E-state index in [4.69, 9.17) is 11.6 Å². The second-order valence-electron chi connectivity index (χ2n) is 6.31. The fourth-order valence-corrected chi connectivity index (χ4v) is 3.94. The van der Waals surface area contributed by atoms with Gasteiger partial charge < -0.3 is 5.32 Å². The lowest BCUT2D eigenvalue weighted by atomic mass is 10.2. The van der Waals surface area contributed by atoms with E-state index in [1.165, 1.54) is 34.5 Å². The van der Waals surface area contributed by atoms with E-state index in [-0.39, 0.29) is 28.8 Å². The van der Waals surface area contributed by atoms with Crippen molar-refractivity contribution in [3.05, 3.63) is 76.3 Å². The van der Waals surface area contributed by atoms with Crippen molar-refractivity contribution in [1.29, 1.82) is 0 Å². The molecule has 0 aliphatic rings. The largest absolute Gasteiger partial charge is 0.325 e. The van der Waals surface area contributed by atoms with E-state index in [2.05, 4.69) is 22.1 Å². The molecular weight excluding hydrogens is 429 g/mol. The minimum atomic E-state index is -0.559. The summed E-state index contributed by atoms with van der Waals surface area (Å²) in [6.07, 6.45) is 1.61. The number of anilines is 1. The van der Waals surface area contributed by atoms with Gasteiger partial charge in [-0.25, -0.2) is 4.39 Å². The molecule has 152 valence electrons. The summed E-state index contributed by atoms with van der Waals surface area (Å²) in [5.41, 5.74) is 0.854. The van der Waals surface area contributed by atoms with Gasteiger partial charge in [0.2, 0.25) is 11.7 Å². The van der Waals surface area contributed by atoms with E-state index >= 15 is 0 Å². The van der Waals surface area contributed by atoms with E-state index < -0.39 is 5.82 Å². The number of rotatable bonds is 6. The van der Waals surface area contributed by atoms with Gasteiger partial charge in [-0.05, 0) is 30.3 Å². The summed E-state index contributed by atoms with van der Waals surface area (Å²) < 4.78 is 16.5. The number of carbonyl (C=O) groups is 1. The Labute approximate surface area is 179 Å². The van der Waals surface area contributed by atoms with Crippen LogP contribution in [0.2, 0.25) is 5.02 Å². The highest BCUT2D eigenvalue weighted by Gasteiger charge is 2.17. The normalized spacial score (nSPS) is 11.1. The number of fused-ring (bicyclic) bond motifs is 3. The Morgan fingerprint density at radius 3 is 2.83 bits per heavy atom. The summed E-state index contributed by atoms with van der Waals surface area (Å²) in [7, 11) is 0. The van der Waals surface area contributed by atoms with Crippen LogP contribution in [0.3, 0.4) is 0 Å². The zero-order chi connectivity index (χ0) is 21.3. The molecule has 0 fully saturated rings. The molecule has 1 N–H and O–H groups in total. The number of halogens is 2. The minimum absolute atomic E-state index is 0.0324. The van der Waals surface area contributed by atoms with Crippen LogP contribution in [-0.4, -0.2) is 30.8 Å². The fourth-order valence-electron chi connectivity index (χ4n) is 3.02. The van der Waals surface area contributed by atoms with Crippen LogP contribution < -0.4 is 10.9 Å². The molecule has 4 rings (SSSR count). The van der Waals surface area contributed by atoms with Gasteiger partial charge in [0.25, 0.3) is 5.56 Å². The van der Waals surface area contributed by atoms with Gasteiger partial charge in [-0.3, -0.25) is 18.6 Å². The first kappa shape index (κ1) is 20.1. The van der Waals surface area contributed by atoms with Crippen molar-refractivity contribution < 1.29 is 9.18 Å². The number of hydrogen-bond acceptors (Lipinski definition) is 5. The number of nitrogens with one attached hydrogen (secondary N) is 1. The Kier molecular flexibility index (Phi) is 5.56. The van der Waals surface area contributed by atoms with E-state index in [9.17, 15) is 14.0 Å². The molecule has 0 aliphatic heterocycles. The maximum atomic E-state index is 13.3. The summed E-state index contributed by atoms with van der Waals surface area (Å²) >= 11 is 6.91. The summed E-state index contributed by atoms with van der Waals surface area (Å²) in [4.78, 5) is 25.1. The monoisotopic (exact) mass is 443 g/mol. The second kappa shape index (κ2) is 8.29. The smallest absolute Gasteiger partial charge is 0.263 e. The molecule has 0 unspecified atom stereocenters. The molecule has 4 aromatic rings. The molecule has 0 atom stereocenters. The van der Waals surface area contributed by atoms with Gasteiger partial charge in [-0.15, -0.1) is 16.8 Å². The standard InChI is InChI=1S/C20H15ClFN5O2S/c1-2-9-26-18(29)13-5-3-4-6-16(13)27-19(26)24-25-20(27)30-11-17(28)23-12-7-8-15(22)14(21)10-12/h2-8,10H,1,9,11H2,(H,23,28). The van der Waals surface area contributed by atoms with Crippen molar-refractivity contribution in [3.63, 3.8) is 0 Å². The van der Waals surface area contributed by atoms with Crippen molar-refractivity contribution in [2.45, 2.75) is 11.7 Å². The number of carbonyl (C=O) groups excluding carboxylic acids is 1. The molecule has 0 spiro atoms. The quantitative estimate of drug-likeness (QED) is 0.362. The highest BCUT2D eigenvalue weighted by Crippen LogP contribution is 2.23. The van der Waals surface area contributed by atoms with Crippen LogP contribution in [0.1, 0.15) is 0 Å². The molecule has 7 nitrogen and oxygen atoms in total. The van der Waals surface area contributed by atoms with Gasteiger partial charge >= 0.3 is 0 Å². The molecular formula is C20H15ClFN5O2S. The Morgan fingerprint density at radius 1 is 1.27 bits per heavy atom. The Hall–Kier alpha value is -3.17. The van der Waals surface area contributed by atoms with Gasteiger partial charge in [0.1, 0.15) is 5.82 Å². The van der Waals surface area contributed by atoms with Crippen LogP contribution >= 0.6 is 23.4 Å². The molecule has 1 amide bonds. The van der Waals surface area contributed by atoms with Crippen LogP contribution in [0.5, 0.6) is 0 Å². The van der Waals surface area contributed by atoms with Crippen LogP contribution in [0.4, 0.5) is 10.1 Å². The Morgan fingerprint density at radius 2 is 2.07 bits per heavy atom. The lowest BCUT2D eigenvalue weighted by molar-refractivity contribution is -0.113. The van der Waals surface area contributed by atoms with Crippen LogP contribution in [-0.2, 0) is 11.3 Å². The van der Waals surface area contributed by atoms with E-state index in [0.29, 0.717) is 27.5 Å². The predicted molar refractivity (Wildman–Crippen MR) is 116 cm³/mol. The number of amides is 1. The lowest BCUT2D eigenvalue weighted by Gasteiger charge is -2.09. The molecule has 0 bridgehead atoms. The highest BCUT2D eigenvalue weighted by atomic mass is 35.5. The molecule has 2 aromatic carbocycles. The third-order valence-electron chi connectivity index (χ3n) is 4.33. The zero-order valence-electron chi connectivity index (χ0n) is 15.5. The van der Waals surface area contributed by atoms with E-state index in [1.807, 2.05) is 6.07 Å². The lowest BCUT2D eigenvalue weighted by Crippen LogP contribution is -2.22. The molecule has 2 aromatic heterocycles. The Bertz CT molecular complexity index is 1350. The van der Waals surface area contributed by atoms with Gasteiger partial charge in [0.05, 0.1) is 21.7 Å². The van der Waals surface area contributed by atoms with Crippen molar-refractivity contribution in [2.24, 2.45) is 0 Å².